The Labute approximate surface area is 170 Å². The van der Waals surface area contributed by atoms with Crippen molar-refractivity contribution in [1.29, 1.82) is 0 Å². The molecule has 0 radical (unpaired) electrons. The van der Waals surface area contributed by atoms with E-state index in [2.05, 4.69) is 15.4 Å². The number of amides is 1. The van der Waals surface area contributed by atoms with E-state index in [0.717, 1.165) is 10.7 Å². The summed E-state index contributed by atoms with van der Waals surface area (Å²) in [6, 6.07) is 12.9. The predicted octanol–water partition coefficient (Wildman–Crippen LogP) is 4.61. The maximum Gasteiger partial charge on any atom is 0.255 e. The molecule has 4 rings (SSSR count). The number of halogens is 1. The van der Waals surface area contributed by atoms with E-state index in [9.17, 15) is 9.18 Å². The Morgan fingerprint density at radius 1 is 1.24 bits per heavy atom. The Morgan fingerprint density at radius 3 is 2.72 bits per heavy atom. The highest BCUT2D eigenvalue weighted by Gasteiger charge is 2.10. The number of hydrogen-bond donors (Lipinski definition) is 1. The molecule has 8 heteroatoms. The third-order valence-electron chi connectivity index (χ3n) is 4.13. The van der Waals surface area contributed by atoms with Gasteiger partial charge in [0.05, 0.1) is 10.7 Å². The highest BCUT2D eigenvalue weighted by molar-refractivity contribution is 7.09. The fourth-order valence-corrected chi connectivity index (χ4v) is 3.32. The summed E-state index contributed by atoms with van der Waals surface area (Å²) in [4.78, 5) is 16.8. The standard InChI is InChI=1S/C21H17FN4O2S/c1-14-24-17(13-29-14)12-28-18-6-3-15(4-7-18)21(27)25-16-5-8-20(19(22)11-16)26-10-2-9-23-26/h2-11,13H,12H2,1H3,(H,25,27). The number of aryl methyl sites for hydroxylation is 1. The average molecular weight is 408 g/mol. The SMILES string of the molecule is Cc1nc(COc2ccc(C(=O)Nc3ccc(-n4cccn4)c(F)c3)cc2)cs1. The number of rotatable bonds is 6. The van der Waals surface area contributed by atoms with E-state index >= 15 is 0 Å². The number of hydrogen-bond acceptors (Lipinski definition) is 5. The summed E-state index contributed by atoms with van der Waals surface area (Å²) in [5.41, 5.74) is 1.99. The first-order chi connectivity index (χ1) is 14.1. The van der Waals surface area contributed by atoms with Gasteiger partial charge in [-0.3, -0.25) is 4.79 Å². The van der Waals surface area contributed by atoms with Crippen LogP contribution in [0, 0.1) is 12.7 Å². The van der Waals surface area contributed by atoms with Gasteiger partial charge in [0.1, 0.15) is 18.0 Å². The van der Waals surface area contributed by atoms with E-state index in [1.165, 1.54) is 10.7 Å². The minimum absolute atomic E-state index is 0.310. The smallest absolute Gasteiger partial charge is 0.255 e. The zero-order valence-electron chi connectivity index (χ0n) is 15.5. The van der Waals surface area contributed by atoms with E-state index in [4.69, 9.17) is 4.74 Å². The van der Waals surface area contributed by atoms with Crippen LogP contribution in [-0.4, -0.2) is 20.7 Å². The largest absolute Gasteiger partial charge is 0.487 e. The first-order valence-electron chi connectivity index (χ1n) is 8.83. The minimum atomic E-state index is -0.479. The second-order valence-corrected chi connectivity index (χ2v) is 7.30. The van der Waals surface area contributed by atoms with Crippen molar-refractivity contribution in [3.63, 3.8) is 0 Å². The van der Waals surface area contributed by atoms with Crippen LogP contribution >= 0.6 is 11.3 Å². The molecule has 0 atom stereocenters. The number of aromatic nitrogens is 3. The van der Waals surface area contributed by atoms with Gasteiger partial charge in [-0.25, -0.2) is 14.1 Å². The molecule has 0 spiro atoms. The third-order valence-corrected chi connectivity index (χ3v) is 4.95. The molecule has 29 heavy (non-hydrogen) atoms. The number of nitrogens with zero attached hydrogens (tertiary/aromatic N) is 3. The van der Waals surface area contributed by atoms with Crippen LogP contribution < -0.4 is 10.1 Å². The third kappa shape index (κ3) is 4.49. The van der Waals surface area contributed by atoms with Gasteiger partial charge < -0.3 is 10.1 Å². The molecule has 0 unspecified atom stereocenters. The number of anilines is 1. The van der Waals surface area contributed by atoms with Gasteiger partial charge in [0.2, 0.25) is 0 Å². The van der Waals surface area contributed by atoms with E-state index in [-0.39, 0.29) is 5.91 Å². The topological polar surface area (TPSA) is 69.0 Å². The zero-order chi connectivity index (χ0) is 20.2. The number of benzene rings is 2. The molecule has 0 bridgehead atoms. The van der Waals surface area contributed by atoms with Crippen molar-refractivity contribution in [1.82, 2.24) is 14.8 Å². The molecule has 1 amide bonds. The molecule has 0 aliphatic rings. The second-order valence-electron chi connectivity index (χ2n) is 6.24. The van der Waals surface area contributed by atoms with Gasteiger partial charge in [0.25, 0.3) is 5.91 Å². The molecule has 6 nitrogen and oxygen atoms in total. The summed E-state index contributed by atoms with van der Waals surface area (Å²) >= 11 is 1.57. The van der Waals surface area contributed by atoms with Crippen molar-refractivity contribution in [3.8, 4) is 11.4 Å². The van der Waals surface area contributed by atoms with Gasteiger partial charge in [-0.1, -0.05) is 0 Å². The van der Waals surface area contributed by atoms with Gasteiger partial charge in [0, 0.05) is 29.0 Å². The van der Waals surface area contributed by atoms with Crippen LogP contribution in [0.5, 0.6) is 5.75 Å². The quantitative estimate of drug-likeness (QED) is 0.506. The summed E-state index contributed by atoms with van der Waals surface area (Å²) in [5.74, 6) is -0.174. The normalized spacial score (nSPS) is 10.7. The Morgan fingerprint density at radius 2 is 2.07 bits per heavy atom. The molecule has 2 heterocycles. The molecule has 0 fully saturated rings. The predicted molar refractivity (Wildman–Crippen MR) is 109 cm³/mol. The van der Waals surface area contributed by atoms with Crippen LogP contribution in [0.2, 0.25) is 0 Å². The Bertz CT molecular complexity index is 1120. The number of thiazole rings is 1. The highest BCUT2D eigenvalue weighted by Crippen LogP contribution is 2.20. The van der Waals surface area contributed by atoms with E-state index in [1.54, 1.807) is 66.2 Å². The number of carbonyl (C=O) groups is 1. The number of nitrogens with one attached hydrogen (secondary N) is 1. The molecule has 2 aromatic heterocycles. The Kier molecular flexibility index (Phi) is 5.35. The maximum atomic E-state index is 14.3. The van der Waals surface area contributed by atoms with Crippen LogP contribution in [0.3, 0.4) is 0 Å². The van der Waals surface area contributed by atoms with Crippen LogP contribution in [0.25, 0.3) is 5.69 Å². The lowest BCUT2D eigenvalue weighted by atomic mass is 10.2. The highest BCUT2D eigenvalue weighted by atomic mass is 32.1. The molecular formula is C21H17FN4O2S. The van der Waals surface area contributed by atoms with Crippen LogP contribution in [0.1, 0.15) is 21.1 Å². The summed E-state index contributed by atoms with van der Waals surface area (Å²) in [6.45, 7) is 2.32. The molecule has 0 aliphatic carbocycles. The fraction of sp³-hybridized carbons (Fsp3) is 0.0952. The first-order valence-corrected chi connectivity index (χ1v) is 9.71. The molecular weight excluding hydrogens is 391 g/mol. The molecule has 1 N–H and O–H groups in total. The molecule has 4 aromatic rings. The number of carbonyl (C=O) groups excluding carboxylic acids is 1. The first kappa shape index (κ1) is 18.8. The maximum absolute atomic E-state index is 14.3. The van der Waals surface area contributed by atoms with Crippen LogP contribution in [-0.2, 0) is 6.61 Å². The average Bonchev–Trinajstić information content (AvgIpc) is 3.39. The summed E-state index contributed by atoms with van der Waals surface area (Å²) in [5, 5.41) is 9.64. The molecule has 0 saturated carbocycles. The molecule has 0 saturated heterocycles. The lowest BCUT2D eigenvalue weighted by Gasteiger charge is -2.09. The lowest BCUT2D eigenvalue weighted by molar-refractivity contribution is 0.102. The Balaban J connectivity index is 1.38. The van der Waals surface area contributed by atoms with Crippen LogP contribution in [0.4, 0.5) is 10.1 Å². The van der Waals surface area contributed by atoms with E-state index < -0.39 is 5.82 Å². The van der Waals surface area contributed by atoms with Crippen molar-refractivity contribution < 1.29 is 13.9 Å². The van der Waals surface area contributed by atoms with E-state index in [0.29, 0.717) is 29.3 Å². The van der Waals surface area contributed by atoms with Crippen molar-refractivity contribution in [2.75, 3.05) is 5.32 Å². The van der Waals surface area contributed by atoms with Crippen molar-refractivity contribution in [2.45, 2.75) is 13.5 Å². The minimum Gasteiger partial charge on any atom is -0.487 e. The second kappa shape index (κ2) is 8.24. The lowest BCUT2D eigenvalue weighted by Crippen LogP contribution is -2.12. The van der Waals surface area contributed by atoms with Gasteiger partial charge in [-0.15, -0.1) is 11.3 Å². The molecule has 146 valence electrons. The summed E-state index contributed by atoms with van der Waals surface area (Å²) in [7, 11) is 0. The van der Waals surface area contributed by atoms with Gasteiger partial charge >= 0.3 is 0 Å². The summed E-state index contributed by atoms with van der Waals surface area (Å²) in [6.07, 6.45) is 3.22. The zero-order valence-corrected chi connectivity index (χ0v) is 16.3. The molecule has 0 aliphatic heterocycles. The van der Waals surface area contributed by atoms with Crippen LogP contribution in [0.15, 0.2) is 66.3 Å². The van der Waals surface area contributed by atoms with Gasteiger partial charge in [-0.2, -0.15) is 5.10 Å². The number of ether oxygens (including phenoxy) is 1. The van der Waals surface area contributed by atoms with Crippen molar-refractivity contribution in [3.05, 3.63) is 88.4 Å². The monoisotopic (exact) mass is 408 g/mol. The fourth-order valence-electron chi connectivity index (χ4n) is 2.72. The van der Waals surface area contributed by atoms with E-state index in [1.807, 2.05) is 12.3 Å². The molecule has 2 aromatic carbocycles. The van der Waals surface area contributed by atoms with Crippen molar-refractivity contribution >= 4 is 22.9 Å². The Hall–Kier alpha value is -3.52. The van der Waals surface area contributed by atoms with Gasteiger partial charge in [0.15, 0.2) is 5.82 Å². The van der Waals surface area contributed by atoms with Gasteiger partial charge in [-0.05, 0) is 55.5 Å². The summed E-state index contributed by atoms with van der Waals surface area (Å²) < 4.78 is 21.4. The van der Waals surface area contributed by atoms with Crippen molar-refractivity contribution in [2.24, 2.45) is 0 Å².